The fraction of sp³-hybridized carbons (Fsp3) is 0.710. The first-order valence-electron chi connectivity index (χ1n) is 15.0. The third-order valence-electron chi connectivity index (χ3n) is 7.81. The molecule has 9 nitrogen and oxygen atoms in total. The van der Waals surface area contributed by atoms with Crippen LogP contribution in [0.25, 0.3) is 0 Å². The van der Waals surface area contributed by atoms with Gasteiger partial charge in [-0.15, -0.1) is 0 Å². The van der Waals surface area contributed by atoms with Gasteiger partial charge in [-0.1, -0.05) is 0 Å². The van der Waals surface area contributed by atoms with Gasteiger partial charge in [0, 0.05) is 0 Å². The summed E-state index contributed by atoms with van der Waals surface area (Å²) in [5, 5.41) is 0. The molecule has 1 aromatic rings. The Labute approximate surface area is 249 Å². The first-order valence-corrected chi connectivity index (χ1v) is 22.4. The number of carbonyl (C=O) groups excluding carboxylic acids is 3. The minimum atomic E-state index is -2.96. The zero-order chi connectivity index (χ0) is 30.6. The van der Waals surface area contributed by atoms with Crippen molar-refractivity contribution in [2.24, 2.45) is 0 Å². The second kappa shape index (κ2) is 17.2. The van der Waals surface area contributed by atoms with Gasteiger partial charge in [0.05, 0.1) is 0 Å². The third-order valence-corrected chi connectivity index (χ3v) is 23.4. The molecular formula is C31H50O9Sn. The normalized spacial score (nSPS) is 20.7. The molecule has 0 amide bonds. The third kappa shape index (κ3) is 9.49. The molecule has 2 rings (SSSR count). The molecule has 0 aliphatic carbocycles. The molecule has 0 bridgehead atoms. The predicted molar refractivity (Wildman–Crippen MR) is 159 cm³/mol. The molecule has 10 heteroatoms. The summed E-state index contributed by atoms with van der Waals surface area (Å²) in [6, 6.07) is 4.08. The summed E-state index contributed by atoms with van der Waals surface area (Å²) in [7, 11) is 3.31. The van der Waals surface area contributed by atoms with E-state index in [0.29, 0.717) is 11.3 Å². The van der Waals surface area contributed by atoms with Crippen LogP contribution in [0.2, 0.25) is 13.3 Å². The van der Waals surface area contributed by atoms with E-state index in [0.717, 1.165) is 25.0 Å². The number of hydrogen-bond acceptors (Lipinski definition) is 9. The van der Waals surface area contributed by atoms with Gasteiger partial charge in [0.15, 0.2) is 0 Å². The topological polar surface area (TPSA) is 107 Å². The van der Waals surface area contributed by atoms with Crippen LogP contribution < -0.4 is 13.1 Å². The Hall–Kier alpha value is -2.01. The Morgan fingerprint density at radius 2 is 1.24 bits per heavy atom. The molecule has 0 unspecified atom stereocenters. The Morgan fingerprint density at radius 1 is 0.756 bits per heavy atom. The van der Waals surface area contributed by atoms with Gasteiger partial charge < -0.3 is 0 Å². The van der Waals surface area contributed by atoms with E-state index in [1.165, 1.54) is 56.9 Å². The van der Waals surface area contributed by atoms with E-state index in [1.54, 1.807) is 14.2 Å². The number of benzene rings is 1. The Bertz CT molecular complexity index is 990. The molecular weight excluding hydrogens is 635 g/mol. The van der Waals surface area contributed by atoms with Gasteiger partial charge >= 0.3 is 250 Å². The minimum absolute atomic E-state index is 0.0557. The van der Waals surface area contributed by atoms with E-state index in [1.807, 2.05) is 6.07 Å². The van der Waals surface area contributed by atoms with Crippen molar-refractivity contribution in [1.82, 2.24) is 0 Å². The Morgan fingerprint density at radius 3 is 1.68 bits per heavy atom. The number of carbonyl (C=O) groups is 3. The van der Waals surface area contributed by atoms with E-state index < -0.39 is 60.7 Å². The van der Waals surface area contributed by atoms with Crippen molar-refractivity contribution >= 4 is 39.9 Å². The summed E-state index contributed by atoms with van der Waals surface area (Å²) in [6.45, 7) is 10.5. The number of esters is 3. The van der Waals surface area contributed by atoms with Crippen molar-refractivity contribution in [3.05, 3.63) is 17.7 Å². The Balaban J connectivity index is 2.72. The maximum absolute atomic E-state index is 12.2. The molecule has 41 heavy (non-hydrogen) atoms. The van der Waals surface area contributed by atoms with Gasteiger partial charge in [0.1, 0.15) is 0 Å². The summed E-state index contributed by atoms with van der Waals surface area (Å²) in [5.74, 6) is -0.320. The summed E-state index contributed by atoms with van der Waals surface area (Å²) >= 11 is -2.96. The van der Waals surface area contributed by atoms with Crippen LogP contribution in [-0.4, -0.2) is 75.4 Å². The molecule has 0 spiro atoms. The molecule has 0 N–H and O–H groups in total. The van der Waals surface area contributed by atoms with Gasteiger partial charge in [-0.25, -0.2) is 0 Å². The van der Waals surface area contributed by atoms with Crippen LogP contribution in [0.5, 0.6) is 11.5 Å². The van der Waals surface area contributed by atoms with Gasteiger partial charge in [-0.05, 0) is 0 Å². The van der Waals surface area contributed by atoms with E-state index in [4.69, 9.17) is 28.4 Å². The molecule has 1 fully saturated rings. The average Bonchev–Trinajstić information content (AvgIpc) is 2.93. The van der Waals surface area contributed by atoms with Crippen LogP contribution in [-0.2, 0) is 33.3 Å². The monoisotopic (exact) mass is 686 g/mol. The van der Waals surface area contributed by atoms with Crippen LogP contribution in [0.3, 0.4) is 0 Å². The first-order chi connectivity index (χ1) is 19.6. The van der Waals surface area contributed by atoms with E-state index in [-0.39, 0.29) is 6.61 Å². The zero-order valence-corrected chi connectivity index (χ0v) is 29.1. The number of hydrogen-bond donors (Lipinski definition) is 0. The van der Waals surface area contributed by atoms with Crippen LogP contribution in [0, 0.1) is 0 Å². The fourth-order valence-electron chi connectivity index (χ4n) is 5.89. The van der Waals surface area contributed by atoms with Crippen molar-refractivity contribution in [2.45, 2.75) is 118 Å². The number of ether oxygens (including phenoxy) is 6. The SMILES string of the molecule is CCC[CH2][Sn]([CH2]CCC)([CH2]CCC)[c]1cc(OC)c([C@H]2OC[C@H](OC(C)=O)[C@@H](OC(C)=O)[C@@H]2OC(C)=O)cc1OC. The summed E-state index contributed by atoms with van der Waals surface area (Å²) in [5.41, 5.74) is 0.624. The van der Waals surface area contributed by atoms with Crippen molar-refractivity contribution < 1.29 is 42.8 Å². The van der Waals surface area contributed by atoms with Crippen LogP contribution in [0.4, 0.5) is 0 Å². The standard InChI is InChI=1S/C19H23O9.3C4H9.Sn/c1-10(20)26-16-9-25-17(14-8-13(23-4)6-7-15(14)24-5)19(28-12(3)22)18(16)27-11(2)21;3*1-3-4-2;/h7-8,16-19H,9H2,1-5H3;3*1,3-4H2,2H3;/t16-,17+,18+,19+;;;;/m0..../s1. The Kier molecular flexibility index (Phi) is 14.8. The number of rotatable bonds is 16. The molecule has 1 aliphatic heterocycles. The van der Waals surface area contributed by atoms with Crippen LogP contribution in [0.15, 0.2) is 12.1 Å². The summed E-state index contributed by atoms with van der Waals surface area (Å²) in [4.78, 5) is 36.1. The quantitative estimate of drug-likeness (QED) is 0.125. The fourth-order valence-corrected chi connectivity index (χ4v) is 22.4. The molecule has 1 heterocycles. The van der Waals surface area contributed by atoms with E-state index >= 15 is 0 Å². The average molecular weight is 685 g/mol. The van der Waals surface area contributed by atoms with Crippen LogP contribution >= 0.6 is 0 Å². The maximum atomic E-state index is 12.2. The van der Waals surface area contributed by atoms with Crippen molar-refractivity contribution in [3.8, 4) is 11.5 Å². The van der Waals surface area contributed by atoms with E-state index in [2.05, 4.69) is 26.8 Å². The zero-order valence-electron chi connectivity index (χ0n) is 26.2. The summed E-state index contributed by atoms with van der Waals surface area (Å²) < 4.78 is 40.0. The van der Waals surface area contributed by atoms with E-state index in [9.17, 15) is 14.4 Å². The molecule has 0 aromatic heterocycles. The van der Waals surface area contributed by atoms with Crippen molar-refractivity contribution in [2.75, 3.05) is 20.8 Å². The second-order valence-corrected chi connectivity index (χ2v) is 24.1. The number of methoxy groups -OCH3 is 2. The molecule has 0 saturated carbocycles. The van der Waals surface area contributed by atoms with Gasteiger partial charge in [-0.2, -0.15) is 0 Å². The predicted octanol–water partition coefficient (Wildman–Crippen LogP) is 5.63. The van der Waals surface area contributed by atoms with Gasteiger partial charge in [0.25, 0.3) is 0 Å². The number of unbranched alkanes of at least 4 members (excludes halogenated alkanes) is 3. The van der Waals surface area contributed by atoms with Crippen molar-refractivity contribution in [3.63, 3.8) is 0 Å². The molecule has 4 atom stereocenters. The molecule has 1 saturated heterocycles. The molecule has 0 radical (unpaired) electrons. The first kappa shape index (κ1) is 35.2. The van der Waals surface area contributed by atoms with Gasteiger partial charge in [-0.3, -0.25) is 0 Å². The molecule has 1 aliphatic rings. The molecule has 1 aromatic carbocycles. The second-order valence-electron chi connectivity index (χ2n) is 10.9. The summed E-state index contributed by atoms with van der Waals surface area (Å²) in [6.07, 6.45) is 3.10. The molecule has 232 valence electrons. The van der Waals surface area contributed by atoms with Crippen LogP contribution in [0.1, 0.15) is 91.7 Å². The van der Waals surface area contributed by atoms with Gasteiger partial charge in [0.2, 0.25) is 0 Å². The van der Waals surface area contributed by atoms with Crippen molar-refractivity contribution in [1.29, 1.82) is 0 Å².